The van der Waals surface area contributed by atoms with E-state index in [1.807, 2.05) is 13.0 Å². The highest BCUT2D eigenvalue weighted by molar-refractivity contribution is 5.87. The summed E-state index contributed by atoms with van der Waals surface area (Å²) in [4.78, 5) is 11.5. The summed E-state index contributed by atoms with van der Waals surface area (Å²) in [6, 6.07) is 0. The lowest BCUT2D eigenvalue weighted by molar-refractivity contribution is -0.146. The third-order valence-electron chi connectivity index (χ3n) is 2.49. The van der Waals surface area contributed by atoms with Gasteiger partial charge in [-0.05, 0) is 13.3 Å². The van der Waals surface area contributed by atoms with Gasteiger partial charge in [0.2, 0.25) is 0 Å². The maximum Gasteiger partial charge on any atom is 0.333 e. The van der Waals surface area contributed by atoms with Gasteiger partial charge in [-0.2, -0.15) is 0 Å². The predicted octanol–water partition coefficient (Wildman–Crippen LogP) is 2.31. The van der Waals surface area contributed by atoms with Crippen LogP contribution in [-0.4, -0.2) is 25.8 Å². The van der Waals surface area contributed by atoms with Crippen LogP contribution in [0.1, 0.15) is 33.1 Å². The topological polar surface area (TPSA) is 35.5 Å². The van der Waals surface area contributed by atoms with E-state index < -0.39 is 0 Å². The highest BCUT2D eigenvalue weighted by Gasteiger charge is 2.20. The monoisotopic (exact) mass is 212 g/mol. The van der Waals surface area contributed by atoms with Gasteiger partial charge in [-0.3, -0.25) is 0 Å². The van der Waals surface area contributed by atoms with Crippen molar-refractivity contribution in [3.05, 3.63) is 11.6 Å². The maximum absolute atomic E-state index is 11.5. The normalized spacial score (nSPS) is 17.3. The van der Waals surface area contributed by atoms with Gasteiger partial charge in [-0.1, -0.05) is 25.8 Å². The first kappa shape index (κ1) is 12.2. The van der Waals surface area contributed by atoms with Crippen LogP contribution in [-0.2, 0) is 14.3 Å². The highest BCUT2D eigenvalue weighted by Crippen LogP contribution is 2.11. The van der Waals surface area contributed by atoms with Crippen LogP contribution < -0.4 is 0 Å². The van der Waals surface area contributed by atoms with E-state index in [0.29, 0.717) is 12.5 Å². The molecule has 86 valence electrons. The third kappa shape index (κ3) is 4.47. The quantitative estimate of drug-likeness (QED) is 0.385. The van der Waals surface area contributed by atoms with Gasteiger partial charge in [0.15, 0.2) is 0 Å². The number of hydrogen-bond donors (Lipinski definition) is 0. The van der Waals surface area contributed by atoms with Crippen LogP contribution >= 0.6 is 0 Å². The van der Waals surface area contributed by atoms with Crippen molar-refractivity contribution in [2.45, 2.75) is 33.1 Å². The molecule has 3 nitrogen and oxygen atoms in total. The second kappa shape index (κ2) is 6.62. The van der Waals surface area contributed by atoms with Crippen molar-refractivity contribution in [1.82, 2.24) is 0 Å². The zero-order valence-electron chi connectivity index (χ0n) is 9.62. The van der Waals surface area contributed by atoms with E-state index in [2.05, 4.69) is 6.92 Å². The van der Waals surface area contributed by atoms with E-state index in [1.54, 1.807) is 0 Å². The smallest absolute Gasteiger partial charge is 0.333 e. The predicted molar refractivity (Wildman–Crippen MR) is 58.6 cm³/mol. The van der Waals surface area contributed by atoms with Crippen molar-refractivity contribution >= 4 is 5.97 Å². The van der Waals surface area contributed by atoms with Gasteiger partial charge in [-0.15, -0.1) is 0 Å². The number of carbonyl (C=O) groups excluding carboxylic acids is 1. The summed E-state index contributed by atoms with van der Waals surface area (Å²) in [7, 11) is 0. The average molecular weight is 212 g/mol. The van der Waals surface area contributed by atoms with Crippen LogP contribution in [0.3, 0.4) is 0 Å². The molecule has 0 bridgehead atoms. The first-order chi connectivity index (χ1) is 7.24. The van der Waals surface area contributed by atoms with Crippen molar-refractivity contribution in [3.63, 3.8) is 0 Å². The number of esters is 1. The summed E-state index contributed by atoms with van der Waals surface area (Å²) < 4.78 is 10.2. The Morgan fingerprint density at radius 2 is 2.27 bits per heavy atom. The first-order valence-corrected chi connectivity index (χ1v) is 5.65. The zero-order chi connectivity index (χ0) is 11.1. The Balaban J connectivity index is 2.16. The molecule has 1 saturated heterocycles. The number of unbranched alkanes of at least 4 members (excludes halogenated alkanes) is 2. The van der Waals surface area contributed by atoms with Crippen LogP contribution in [0.4, 0.5) is 0 Å². The van der Waals surface area contributed by atoms with Gasteiger partial charge in [0, 0.05) is 11.5 Å². The second-order valence-electron chi connectivity index (χ2n) is 4.03. The Morgan fingerprint density at radius 1 is 1.53 bits per heavy atom. The van der Waals surface area contributed by atoms with Crippen LogP contribution in [0, 0.1) is 5.92 Å². The fraction of sp³-hybridized carbons (Fsp3) is 0.750. The molecule has 0 N–H and O–H groups in total. The lowest BCUT2D eigenvalue weighted by Crippen LogP contribution is -2.32. The molecule has 15 heavy (non-hydrogen) atoms. The Kier molecular flexibility index (Phi) is 5.40. The Bertz CT molecular complexity index is 229. The zero-order valence-corrected chi connectivity index (χ0v) is 9.62. The van der Waals surface area contributed by atoms with Crippen LogP contribution in [0.25, 0.3) is 0 Å². The first-order valence-electron chi connectivity index (χ1n) is 5.65. The van der Waals surface area contributed by atoms with Crippen LogP contribution in [0.2, 0.25) is 0 Å². The molecule has 1 rings (SSSR count). The van der Waals surface area contributed by atoms with E-state index in [4.69, 9.17) is 9.47 Å². The Morgan fingerprint density at radius 3 is 2.80 bits per heavy atom. The number of rotatable bonds is 6. The molecule has 1 heterocycles. The highest BCUT2D eigenvalue weighted by atomic mass is 16.5. The maximum atomic E-state index is 11.5. The Hall–Kier alpha value is -0.830. The number of ether oxygens (including phenoxy) is 2. The van der Waals surface area contributed by atoms with Gasteiger partial charge in [0.25, 0.3) is 0 Å². The molecule has 0 aromatic heterocycles. The molecule has 0 aromatic rings. The molecule has 1 aliphatic heterocycles. The Labute approximate surface area is 91.4 Å². The minimum absolute atomic E-state index is 0.182. The summed E-state index contributed by atoms with van der Waals surface area (Å²) in [5.41, 5.74) is 0.726. The van der Waals surface area contributed by atoms with E-state index in [-0.39, 0.29) is 5.97 Å². The molecule has 0 aromatic carbocycles. The molecule has 1 aliphatic rings. The SMILES string of the molecule is CCCC/C=C(\C)C(=O)OCC1COC1. The largest absolute Gasteiger partial charge is 0.462 e. The fourth-order valence-electron chi connectivity index (χ4n) is 1.29. The van der Waals surface area contributed by atoms with Crippen molar-refractivity contribution in [1.29, 1.82) is 0 Å². The summed E-state index contributed by atoms with van der Waals surface area (Å²) >= 11 is 0. The summed E-state index contributed by atoms with van der Waals surface area (Å²) in [6.07, 6.45) is 5.20. The molecule has 0 amide bonds. The van der Waals surface area contributed by atoms with Gasteiger partial charge < -0.3 is 9.47 Å². The molecule has 0 atom stereocenters. The van der Waals surface area contributed by atoms with Crippen molar-refractivity contribution in [2.75, 3.05) is 19.8 Å². The average Bonchev–Trinajstić information content (AvgIpc) is 2.15. The fourth-order valence-corrected chi connectivity index (χ4v) is 1.29. The van der Waals surface area contributed by atoms with Gasteiger partial charge >= 0.3 is 5.97 Å². The van der Waals surface area contributed by atoms with Gasteiger partial charge in [0.1, 0.15) is 0 Å². The molecule has 1 fully saturated rings. The lowest BCUT2D eigenvalue weighted by atomic mass is 10.1. The lowest BCUT2D eigenvalue weighted by Gasteiger charge is -2.25. The number of allylic oxidation sites excluding steroid dienone is 1. The summed E-state index contributed by atoms with van der Waals surface area (Å²) in [6.45, 7) is 5.91. The minimum atomic E-state index is -0.182. The van der Waals surface area contributed by atoms with Crippen molar-refractivity contribution < 1.29 is 14.3 Å². The van der Waals surface area contributed by atoms with E-state index >= 15 is 0 Å². The van der Waals surface area contributed by atoms with Crippen LogP contribution in [0.5, 0.6) is 0 Å². The molecule has 0 spiro atoms. The summed E-state index contributed by atoms with van der Waals surface area (Å²) in [5.74, 6) is 0.232. The molecule has 0 unspecified atom stereocenters. The molecule has 0 radical (unpaired) electrons. The minimum Gasteiger partial charge on any atom is -0.462 e. The van der Waals surface area contributed by atoms with Gasteiger partial charge in [-0.25, -0.2) is 4.79 Å². The second-order valence-corrected chi connectivity index (χ2v) is 4.03. The number of carbonyl (C=O) groups is 1. The van der Waals surface area contributed by atoms with E-state index in [1.165, 1.54) is 0 Å². The molecular formula is C12H20O3. The third-order valence-corrected chi connectivity index (χ3v) is 2.49. The molecular weight excluding hydrogens is 192 g/mol. The van der Waals surface area contributed by atoms with Gasteiger partial charge in [0.05, 0.1) is 19.8 Å². The van der Waals surface area contributed by atoms with Crippen molar-refractivity contribution in [2.24, 2.45) is 5.92 Å². The van der Waals surface area contributed by atoms with Crippen LogP contribution in [0.15, 0.2) is 11.6 Å². The van der Waals surface area contributed by atoms with E-state index in [9.17, 15) is 4.79 Å². The molecule has 0 saturated carbocycles. The molecule has 3 heteroatoms. The van der Waals surface area contributed by atoms with Crippen molar-refractivity contribution in [3.8, 4) is 0 Å². The molecule has 0 aliphatic carbocycles. The standard InChI is InChI=1S/C12H20O3/c1-3-4-5-6-10(2)12(13)15-9-11-7-14-8-11/h6,11H,3-5,7-9H2,1-2H3/b10-6+. The number of hydrogen-bond acceptors (Lipinski definition) is 3. The van der Waals surface area contributed by atoms with E-state index in [0.717, 1.165) is 38.0 Å². The summed E-state index contributed by atoms with van der Waals surface area (Å²) in [5, 5.41) is 0.